The van der Waals surface area contributed by atoms with Crippen LogP contribution in [-0.2, 0) is 0 Å². The van der Waals surface area contributed by atoms with Gasteiger partial charge in [0.05, 0.1) is 18.0 Å². The highest BCUT2D eigenvalue weighted by atomic mass is 32.1. The maximum Gasteiger partial charge on any atom is 0.226 e. The summed E-state index contributed by atoms with van der Waals surface area (Å²) in [6.45, 7) is 7.12. The molecule has 0 spiro atoms. The van der Waals surface area contributed by atoms with Crippen molar-refractivity contribution in [2.24, 2.45) is 0 Å². The first kappa shape index (κ1) is 15.0. The van der Waals surface area contributed by atoms with E-state index in [0.717, 1.165) is 29.0 Å². The molecule has 2 heterocycles. The van der Waals surface area contributed by atoms with E-state index in [2.05, 4.69) is 35.2 Å². The molecule has 2 rings (SSSR count). The highest BCUT2D eigenvalue weighted by Crippen LogP contribution is 2.31. The topological polar surface area (TPSA) is 61.3 Å². The maximum absolute atomic E-state index is 9.36. The van der Waals surface area contributed by atoms with Gasteiger partial charge < -0.3 is 15.3 Å². The van der Waals surface area contributed by atoms with Crippen molar-refractivity contribution >= 4 is 33.3 Å². The lowest BCUT2D eigenvalue weighted by Gasteiger charge is -2.25. The normalized spacial score (nSPS) is 12.7. The third kappa shape index (κ3) is 3.02. The first-order chi connectivity index (χ1) is 9.56. The van der Waals surface area contributed by atoms with Crippen molar-refractivity contribution < 1.29 is 5.11 Å². The predicted molar refractivity (Wildman–Crippen MR) is 85.9 cm³/mol. The lowest BCUT2D eigenvalue weighted by molar-refractivity contribution is 0.270. The molecule has 0 radical (unpaired) electrons. The third-order valence-electron chi connectivity index (χ3n) is 3.29. The minimum Gasteiger partial charge on any atom is -0.394 e. The van der Waals surface area contributed by atoms with Gasteiger partial charge in [-0.2, -0.15) is 4.98 Å². The van der Waals surface area contributed by atoms with Gasteiger partial charge >= 0.3 is 0 Å². The van der Waals surface area contributed by atoms with Gasteiger partial charge in [-0.1, -0.05) is 6.92 Å². The number of likely N-dealkylation sites (N-methyl/N-ethyl adjacent to an activating group) is 1. The molecule has 0 fully saturated rings. The molecule has 6 heteroatoms. The molecule has 0 saturated carbocycles. The molecule has 0 aromatic carbocycles. The summed E-state index contributed by atoms with van der Waals surface area (Å²) in [6, 6.07) is 2.13. The molecule has 2 N–H and O–H groups in total. The van der Waals surface area contributed by atoms with Crippen LogP contribution in [0, 0.1) is 6.92 Å². The van der Waals surface area contributed by atoms with E-state index in [0.29, 0.717) is 5.95 Å². The summed E-state index contributed by atoms with van der Waals surface area (Å²) in [7, 11) is 1.96. The maximum atomic E-state index is 9.36. The van der Waals surface area contributed by atoms with E-state index in [4.69, 9.17) is 0 Å². The molecule has 20 heavy (non-hydrogen) atoms. The highest BCUT2D eigenvalue weighted by molar-refractivity contribution is 7.18. The molecule has 1 atom stereocenters. The zero-order chi connectivity index (χ0) is 14.7. The molecule has 110 valence electrons. The Morgan fingerprint density at radius 3 is 2.85 bits per heavy atom. The van der Waals surface area contributed by atoms with Gasteiger partial charge in [-0.15, -0.1) is 11.3 Å². The van der Waals surface area contributed by atoms with Crippen LogP contribution in [0.3, 0.4) is 0 Å². The molecule has 0 aliphatic heterocycles. The van der Waals surface area contributed by atoms with E-state index in [9.17, 15) is 5.11 Å². The van der Waals surface area contributed by atoms with Crippen LogP contribution in [0.25, 0.3) is 10.2 Å². The van der Waals surface area contributed by atoms with E-state index in [-0.39, 0.29) is 12.6 Å². The Bertz CT molecular complexity index is 584. The number of hydrogen-bond donors (Lipinski definition) is 2. The molecule has 5 nitrogen and oxygen atoms in total. The number of thiophene rings is 1. The van der Waals surface area contributed by atoms with Crippen LogP contribution in [0.4, 0.5) is 11.8 Å². The number of nitrogens with zero attached hydrogens (tertiary/aromatic N) is 3. The summed E-state index contributed by atoms with van der Waals surface area (Å²) >= 11 is 1.67. The third-order valence-corrected chi connectivity index (χ3v) is 4.23. The molecule has 0 amide bonds. The standard InChI is InChI=1S/C14H22N4OS/c1-5-6-15-14-16-12(18(4)9(2)8-19)11-7-10(3)20-13(11)17-14/h7,9,19H,5-6,8H2,1-4H3,(H,15,16,17). The fourth-order valence-electron chi connectivity index (χ4n) is 1.94. The van der Waals surface area contributed by atoms with Gasteiger partial charge in [-0.25, -0.2) is 4.98 Å². The van der Waals surface area contributed by atoms with Crippen molar-refractivity contribution in [1.29, 1.82) is 0 Å². The molecule has 0 aliphatic rings. The van der Waals surface area contributed by atoms with Gasteiger partial charge in [0.15, 0.2) is 0 Å². The number of hydrogen-bond acceptors (Lipinski definition) is 6. The predicted octanol–water partition coefficient (Wildman–Crippen LogP) is 2.64. The summed E-state index contributed by atoms with van der Waals surface area (Å²) in [6.07, 6.45) is 1.03. The van der Waals surface area contributed by atoms with Crippen LogP contribution >= 0.6 is 11.3 Å². The number of fused-ring (bicyclic) bond motifs is 1. The molecule has 2 aromatic rings. The summed E-state index contributed by atoms with van der Waals surface area (Å²) in [5, 5.41) is 13.7. The van der Waals surface area contributed by atoms with E-state index in [1.165, 1.54) is 4.88 Å². The fourth-order valence-corrected chi connectivity index (χ4v) is 2.82. The van der Waals surface area contributed by atoms with Gasteiger partial charge in [0.1, 0.15) is 10.6 Å². The number of aryl methyl sites for hydroxylation is 1. The summed E-state index contributed by atoms with van der Waals surface area (Å²) in [4.78, 5) is 13.4. The monoisotopic (exact) mass is 294 g/mol. The van der Waals surface area contributed by atoms with E-state index >= 15 is 0 Å². The van der Waals surface area contributed by atoms with Crippen LogP contribution in [-0.4, -0.2) is 41.3 Å². The minimum atomic E-state index is 0.0207. The van der Waals surface area contributed by atoms with Crippen LogP contribution in [0.1, 0.15) is 25.1 Å². The summed E-state index contributed by atoms with van der Waals surface area (Å²) in [5.74, 6) is 1.53. The fraction of sp³-hybridized carbons (Fsp3) is 0.571. The van der Waals surface area contributed by atoms with Crippen LogP contribution in [0.2, 0.25) is 0 Å². The molecular weight excluding hydrogens is 272 g/mol. The Morgan fingerprint density at radius 1 is 1.45 bits per heavy atom. The SMILES string of the molecule is CCCNc1nc(N(C)C(C)CO)c2cc(C)sc2n1. The summed E-state index contributed by atoms with van der Waals surface area (Å²) in [5.41, 5.74) is 0. The zero-order valence-electron chi connectivity index (χ0n) is 12.5. The quantitative estimate of drug-likeness (QED) is 0.857. The van der Waals surface area contributed by atoms with Gasteiger partial charge in [0.25, 0.3) is 0 Å². The van der Waals surface area contributed by atoms with Crippen molar-refractivity contribution in [1.82, 2.24) is 9.97 Å². The Morgan fingerprint density at radius 2 is 2.20 bits per heavy atom. The van der Waals surface area contributed by atoms with Crippen LogP contribution in [0.5, 0.6) is 0 Å². The molecular formula is C14H22N4OS. The molecule has 0 aliphatic carbocycles. The van der Waals surface area contributed by atoms with Gasteiger partial charge in [-0.3, -0.25) is 0 Å². The Hall–Kier alpha value is -1.40. The van der Waals surface area contributed by atoms with Crippen LogP contribution in [0.15, 0.2) is 6.07 Å². The van der Waals surface area contributed by atoms with E-state index < -0.39 is 0 Å². The van der Waals surface area contributed by atoms with Gasteiger partial charge in [-0.05, 0) is 26.3 Å². The molecule has 0 saturated heterocycles. The van der Waals surface area contributed by atoms with Gasteiger partial charge in [0, 0.05) is 18.5 Å². The number of nitrogens with one attached hydrogen (secondary N) is 1. The van der Waals surface area contributed by atoms with E-state index in [1.807, 2.05) is 18.9 Å². The lowest BCUT2D eigenvalue weighted by Crippen LogP contribution is -2.32. The number of anilines is 2. The lowest BCUT2D eigenvalue weighted by atomic mass is 10.2. The molecule has 2 aromatic heterocycles. The number of rotatable bonds is 6. The van der Waals surface area contributed by atoms with Crippen molar-refractivity contribution in [2.75, 3.05) is 30.4 Å². The first-order valence-corrected chi connectivity index (χ1v) is 7.74. The van der Waals surface area contributed by atoms with Crippen LogP contribution < -0.4 is 10.2 Å². The van der Waals surface area contributed by atoms with Crippen molar-refractivity contribution in [3.8, 4) is 0 Å². The molecule has 0 bridgehead atoms. The Labute approximate surface area is 123 Å². The Balaban J connectivity index is 2.48. The average molecular weight is 294 g/mol. The van der Waals surface area contributed by atoms with Crippen molar-refractivity contribution in [2.45, 2.75) is 33.2 Å². The Kier molecular flexibility index (Phi) is 4.77. The highest BCUT2D eigenvalue weighted by Gasteiger charge is 2.17. The number of aliphatic hydroxyl groups excluding tert-OH is 1. The average Bonchev–Trinajstić information content (AvgIpc) is 2.82. The second kappa shape index (κ2) is 6.37. The smallest absolute Gasteiger partial charge is 0.226 e. The minimum absolute atomic E-state index is 0.0207. The molecule has 1 unspecified atom stereocenters. The second-order valence-electron chi connectivity index (χ2n) is 5.02. The zero-order valence-corrected chi connectivity index (χ0v) is 13.3. The number of aromatic nitrogens is 2. The van der Waals surface area contributed by atoms with Crippen molar-refractivity contribution in [3.05, 3.63) is 10.9 Å². The number of aliphatic hydroxyl groups is 1. The van der Waals surface area contributed by atoms with Crippen molar-refractivity contribution in [3.63, 3.8) is 0 Å². The van der Waals surface area contributed by atoms with Gasteiger partial charge in [0.2, 0.25) is 5.95 Å². The second-order valence-corrected chi connectivity index (χ2v) is 6.25. The first-order valence-electron chi connectivity index (χ1n) is 6.92. The largest absolute Gasteiger partial charge is 0.394 e. The van der Waals surface area contributed by atoms with E-state index in [1.54, 1.807) is 11.3 Å². The summed E-state index contributed by atoms with van der Waals surface area (Å²) < 4.78 is 0.